The van der Waals surface area contributed by atoms with E-state index in [9.17, 15) is 0 Å². The molecule has 1 N–H and O–H groups in total. The Morgan fingerprint density at radius 3 is 2.67 bits per heavy atom. The second kappa shape index (κ2) is 5.21. The molecule has 0 aliphatic heterocycles. The third-order valence-electron chi connectivity index (χ3n) is 2.72. The number of rotatable bonds is 4. The van der Waals surface area contributed by atoms with E-state index in [-0.39, 0.29) is 0 Å². The molecule has 2 aromatic heterocycles. The monoisotopic (exact) mass is 244 g/mol. The molecule has 0 bridgehead atoms. The predicted octanol–water partition coefficient (Wildman–Crippen LogP) is 3.12. The molecule has 0 radical (unpaired) electrons. The summed E-state index contributed by atoms with van der Waals surface area (Å²) in [6.07, 6.45) is 8.37. The molecule has 96 valence electrons. The smallest absolute Gasteiger partial charge is 0.137 e. The summed E-state index contributed by atoms with van der Waals surface area (Å²) in [5, 5.41) is 3.39. The Balaban J connectivity index is 1.92. The van der Waals surface area contributed by atoms with Crippen LogP contribution in [0.3, 0.4) is 0 Å². The molecule has 0 aromatic carbocycles. The van der Waals surface area contributed by atoms with Crippen LogP contribution < -0.4 is 5.32 Å². The van der Waals surface area contributed by atoms with Gasteiger partial charge in [-0.05, 0) is 24.0 Å². The van der Waals surface area contributed by atoms with Crippen LogP contribution in [0.1, 0.15) is 27.2 Å². The van der Waals surface area contributed by atoms with Crippen LogP contribution in [-0.2, 0) is 0 Å². The van der Waals surface area contributed by atoms with Crippen LogP contribution in [0.2, 0.25) is 0 Å². The summed E-state index contributed by atoms with van der Waals surface area (Å²) < 4.78 is 1.89. The van der Waals surface area contributed by atoms with Crippen molar-refractivity contribution in [1.29, 1.82) is 0 Å². The first-order valence-corrected chi connectivity index (χ1v) is 6.23. The highest BCUT2D eigenvalue weighted by atomic mass is 15.1. The van der Waals surface area contributed by atoms with E-state index in [1.165, 1.54) is 0 Å². The first kappa shape index (κ1) is 12.6. The first-order valence-electron chi connectivity index (χ1n) is 6.23. The molecule has 0 aliphatic rings. The SMILES string of the molecule is CC(C)(C)CCNc1ccc(-n2ccnc2)nc1. The Morgan fingerprint density at radius 1 is 1.28 bits per heavy atom. The molecule has 0 atom stereocenters. The molecule has 0 spiro atoms. The zero-order chi connectivity index (χ0) is 13.0. The Bertz CT molecular complexity index is 465. The zero-order valence-corrected chi connectivity index (χ0v) is 11.2. The van der Waals surface area contributed by atoms with Crippen molar-refractivity contribution in [3.8, 4) is 5.82 Å². The minimum Gasteiger partial charge on any atom is -0.384 e. The molecule has 2 aromatic rings. The lowest BCUT2D eigenvalue weighted by molar-refractivity contribution is 0.390. The van der Waals surface area contributed by atoms with Gasteiger partial charge in [0.25, 0.3) is 0 Å². The van der Waals surface area contributed by atoms with Gasteiger partial charge in [-0.25, -0.2) is 9.97 Å². The highest BCUT2D eigenvalue weighted by molar-refractivity contribution is 5.43. The van der Waals surface area contributed by atoms with Crippen molar-refractivity contribution >= 4 is 5.69 Å². The molecular weight excluding hydrogens is 224 g/mol. The summed E-state index contributed by atoms with van der Waals surface area (Å²) in [5.74, 6) is 0.883. The quantitative estimate of drug-likeness (QED) is 0.898. The van der Waals surface area contributed by atoms with Gasteiger partial charge in [0.15, 0.2) is 0 Å². The lowest BCUT2D eigenvalue weighted by atomic mass is 9.92. The van der Waals surface area contributed by atoms with Crippen LogP contribution in [0.4, 0.5) is 5.69 Å². The number of nitrogens with zero attached hydrogens (tertiary/aromatic N) is 3. The van der Waals surface area contributed by atoms with Gasteiger partial charge in [-0.3, -0.25) is 4.57 Å². The Labute approximate surface area is 108 Å². The molecular formula is C14H20N4. The van der Waals surface area contributed by atoms with Gasteiger partial charge in [0, 0.05) is 18.9 Å². The summed E-state index contributed by atoms with van der Waals surface area (Å²) in [6.45, 7) is 7.70. The van der Waals surface area contributed by atoms with E-state index in [0.717, 1.165) is 24.5 Å². The number of pyridine rings is 1. The van der Waals surface area contributed by atoms with Crippen LogP contribution in [-0.4, -0.2) is 21.1 Å². The van der Waals surface area contributed by atoms with E-state index in [2.05, 4.69) is 36.1 Å². The molecule has 4 heteroatoms. The van der Waals surface area contributed by atoms with Gasteiger partial charge in [0.1, 0.15) is 12.1 Å². The minimum atomic E-state index is 0.358. The van der Waals surface area contributed by atoms with Crippen molar-refractivity contribution in [1.82, 2.24) is 14.5 Å². The molecule has 2 heterocycles. The average molecular weight is 244 g/mol. The normalized spacial score (nSPS) is 11.5. The van der Waals surface area contributed by atoms with Gasteiger partial charge in [-0.1, -0.05) is 20.8 Å². The van der Waals surface area contributed by atoms with Crippen molar-refractivity contribution in [2.75, 3.05) is 11.9 Å². The summed E-state index contributed by atoms with van der Waals surface area (Å²) in [5.41, 5.74) is 1.42. The van der Waals surface area contributed by atoms with Gasteiger partial charge < -0.3 is 5.32 Å². The van der Waals surface area contributed by atoms with Crippen molar-refractivity contribution in [3.63, 3.8) is 0 Å². The number of anilines is 1. The third kappa shape index (κ3) is 3.58. The highest BCUT2D eigenvalue weighted by Gasteiger charge is 2.08. The van der Waals surface area contributed by atoms with Gasteiger partial charge in [0.2, 0.25) is 0 Å². The molecule has 0 amide bonds. The molecule has 0 saturated heterocycles. The van der Waals surface area contributed by atoms with Gasteiger partial charge in [0.05, 0.1) is 11.9 Å². The summed E-state index contributed by atoms with van der Waals surface area (Å²) >= 11 is 0. The number of aromatic nitrogens is 3. The second-order valence-electron chi connectivity index (χ2n) is 5.61. The van der Waals surface area contributed by atoms with E-state index >= 15 is 0 Å². The Morgan fingerprint density at radius 2 is 2.11 bits per heavy atom. The van der Waals surface area contributed by atoms with Crippen molar-refractivity contribution in [2.24, 2.45) is 5.41 Å². The number of hydrogen-bond donors (Lipinski definition) is 1. The first-order chi connectivity index (χ1) is 8.54. The second-order valence-corrected chi connectivity index (χ2v) is 5.61. The van der Waals surface area contributed by atoms with Crippen molar-refractivity contribution in [3.05, 3.63) is 37.1 Å². The van der Waals surface area contributed by atoms with Gasteiger partial charge >= 0.3 is 0 Å². The molecule has 2 rings (SSSR count). The predicted molar refractivity (Wildman–Crippen MR) is 73.9 cm³/mol. The minimum absolute atomic E-state index is 0.358. The van der Waals surface area contributed by atoms with Crippen molar-refractivity contribution < 1.29 is 0 Å². The van der Waals surface area contributed by atoms with Crippen LogP contribution in [0.5, 0.6) is 0 Å². The molecule has 0 fully saturated rings. The standard InChI is InChI=1S/C14H20N4/c1-14(2,3)6-7-16-12-4-5-13(17-10-12)18-9-8-15-11-18/h4-5,8-11,16H,6-7H2,1-3H3. The third-order valence-corrected chi connectivity index (χ3v) is 2.72. The van der Waals surface area contributed by atoms with E-state index < -0.39 is 0 Å². The summed E-state index contributed by atoms with van der Waals surface area (Å²) in [6, 6.07) is 4.03. The molecule has 0 aliphatic carbocycles. The van der Waals surface area contributed by atoms with E-state index in [1.54, 1.807) is 12.5 Å². The van der Waals surface area contributed by atoms with E-state index in [1.807, 2.05) is 29.1 Å². The van der Waals surface area contributed by atoms with Crippen LogP contribution >= 0.6 is 0 Å². The molecule has 0 saturated carbocycles. The molecule has 18 heavy (non-hydrogen) atoms. The fourth-order valence-corrected chi connectivity index (χ4v) is 1.62. The maximum Gasteiger partial charge on any atom is 0.137 e. The Hall–Kier alpha value is -1.84. The average Bonchev–Trinajstić information content (AvgIpc) is 2.82. The lowest BCUT2D eigenvalue weighted by Crippen LogP contribution is -2.12. The maximum atomic E-state index is 4.40. The van der Waals surface area contributed by atoms with Gasteiger partial charge in [-0.2, -0.15) is 0 Å². The summed E-state index contributed by atoms with van der Waals surface area (Å²) in [7, 11) is 0. The molecule has 4 nitrogen and oxygen atoms in total. The van der Waals surface area contributed by atoms with E-state index in [4.69, 9.17) is 0 Å². The van der Waals surface area contributed by atoms with Gasteiger partial charge in [-0.15, -0.1) is 0 Å². The van der Waals surface area contributed by atoms with Crippen molar-refractivity contribution in [2.45, 2.75) is 27.2 Å². The lowest BCUT2D eigenvalue weighted by Gasteiger charge is -2.18. The maximum absolute atomic E-state index is 4.40. The molecule has 0 unspecified atom stereocenters. The highest BCUT2D eigenvalue weighted by Crippen LogP contribution is 2.18. The number of imidazole rings is 1. The number of hydrogen-bond acceptors (Lipinski definition) is 3. The fraction of sp³-hybridized carbons (Fsp3) is 0.429. The number of nitrogens with one attached hydrogen (secondary N) is 1. The Kier molecular flexibility index (Phi) is 3.65. The van der Waals surface area contributed by atoms with Crippen LogP contribution in [0.15, 0.2) is 37.1 Å². The largest absolute Gasteiger partial charge is 0.384 e. The topological polar surface area (TPSA) is 42.7 Å². The van der Waals surface area contributed by atoms with Crippen LogP contribution in [0, 0.1) is 5.41 Å². The summed E-state index contributed by atoms with van der Waals surface area (Å²) in [4.78, 5) is 8.40. The van der Waals surface area contributed by atoms with Crippen LogP contribution in [0.25, 0.3) is 5.82 Å². The fourth-order valence-electron chi connectivity index (χ4n) is 1.62. The van der Waals surface area contributed by atoms with E-state index in [0.29, 0.717) is 5.41 Å². The zero-order valence-electron chi connectivity index (χ0n) is 11.2.